The van der Waals surface area contributed by atoms with Crippen molar-refractivity contribution >= 4 is 5.91 Å². The molecule has 0 heterocycles. The summed E-state index contributed by atoms with van der Waals surface area (Å²) in [7, 11) is 0. The number of amides is 1. The molecule has 3 N–H and O–H groups in total. The number of alkyl halides is 3. The molecule has 7 heteroatoms. The van der Waals surface area contributed by atoms with Crippen LogP contribution >= 0.6 is 0 Å². The van der Waals surface area contributed by atoms with E-state index in [1.807, 2.05) is 0 Å². The number of rotatable bonds is 6. The highest BCUT2D eigenvalue weighted by Crippen LogP contribution is 2.19. The van der Waals surface area contributed by atoms with Gasteiger partial charge in [-0.3, -0.25) is 9.69 Å². The van der Waals surface area contributed by atoms with Gasteiger partial charge in [0, 0.05) is 18.7 Å². The van der Waals surface area contributed by atoms with Crippen LogP contribution in [0, 0.1) is 0 Å². The number of hydrogen-bond acceptors (Lipinski definition) is 3. The first-order valence-electron chi connectivity index (χ1n) is 5.61. The lowest BCUT2D eigenvalue weighted by Gasteiger charge is -2.23. The summed E-state index contributed by atoms with van der Waals surface area (Å²) < 4.78 is 37.1. The molecule has 0 fully saturated rings. The van der Waals surface area contributed by atoms with Crippen molar-refractivity contribution in [3.05, 3.63) is 35.4 Å². The van der Waals surface area contributed by atoms with Gasteiger partial charge >= 0.3 is 6.18 Å². The summed E-state index contributed by atoms with van der Waals surface area (Å²) in [6.07, 6.45) is -4.36. The molecule has 1 amide bonds. The van der Waals surface area contributed by atoms with Gasteiger partial charge in [0.15, 0.2) is 0 Å². The molecule has 4 nitrogen and oxygen atoms in total. The van der Waals surface area contributed by atoms with Crippen LogP contribution in [-0.4, -0.2) is 41.8 Å². The molecule has 1 rings (SSSR count). The second-order valence-corrected chi connectivity index (χ2v) is 4.07. The summed E-state index contributed by atoms with van der Waals surface area (Å²) in [6.45, 7) is -1.78. The summed E-state index contributed by atoms with van der Waals surface area (Å²) in [5, 5.41) is 8.79. The third-order valence-electron chi connectivity index (χ3n) is 2.50. The zero-order chi connectivity index (χ0) is 14.5. The molecule has 0 aliphatic carbocycles. The van der Waals surface area contributed by atoms with Crippen LogP contribution < -0.4 is 5.73 Å². The third-order valence-corrected chi connectivity index (χ3v) is 2.50. The van der Waals surface area contributed by atoms with Crippen molar-refractivity contribution in [3.8, 4) is 0 Å². The van der Waals surface area contributed by atoms with Gasteiger partial charge in [0.25, 0.3) is 0 Å². The van der Waals surface area contributed by atoms with E-state index in [1.165, 1.54) is 6.07 Å². The van der Waals surface area contributed by atoms with Crippen LogP contribution in [0.1, 0.15) is 15.9 Å². The minimum absolute atomic E-state index is 0.0980. The zero-order valence-corrected chi connectivity index (χ0v) is 10.2. The average molecular weight is 276 g/mol. The lowest BCUT2D eigenvalue weighted by molar-refractivity contribution is -0.147. The summed E-state index contributed by atoms with van der Waals surface area (Å²) in [5.74, 6) is -0.688. The van der Waals surface area contributed by atoms with Crippen molar-refractivity contribution in [1.82, 2.24) is 4.90 Å². The molecule has 0 aliphatic rings. The van der Waals surface area contributed by atoms with E-state index in [0.29, 0.717) is 5.56 Å². The van der Waals surface area contributed by atoms with Gasteiger partial charge in [-0.1, -0.05) is 18.2 Å². The van der Waals surface area contributed by atoms with Crippen molar-refractivity contribution in [1.29, 1.82) is 0 Å². The fourth-order valence-corrected chi connectivity index (χ4v) is 1.75. The largest absolute Gasteiger partial charge is 0.401 e. The molecule has 0 aromatic heterocycles. The molecular formula is C12H15F3N2O2. The minimum atomic E-state index is -4.36. The second kappa shape index (κ2) is 6.53. The first kappa shape index (κ1) is 15.5. The molecule has 106 valence electrons. The molecule has 19 heavy (non-hydrogen) atoms. The van der Waals surface area contributed by atoms with E-state index >= 15 is 0 Å². The zero-order valence-electron chi connectivity index (χ0n) is 10.2. The molecule has 0 atom stereocenters. The Labute approximate surface area is 108 Å². The first-order valence-corrected chi connectivity index (χ1v) is 5.61. The first-order chi connectivity index (χ1) is 8.83. The molecule has 0 saturated heterocycles. The number of nitrogens with two attached hydrogens (primary N) is 1. The maximum Gasteiger partial charge on any atom is 0.401 e. The van der Waals surface area contributed by atoms with E-state index in [-0.39, 0.29) is 18.7 Å². The standard InChI is InChI=1S/C12H15F3N2O2/c13-12(14,15)8-17(5-6-18)7-9-3-1-2-4-10(9)11(16)19/h1-4,18H,5-8H2,(H2,16,19). The molecule has 0 saturated carbocycles. The van der Waals surface area contributed by atoms with E-state index in [0.717, 1.165) is 4.90 Å². The Morgan fingerprint density at radius 3 is 2.47 bits per heavy atom. The van der Waals surface area contributed by atoms with E-state index < -0.39 is 25.2 Å². The highest BCUT2D eigenvalue weighted by atomic mass is 19.4. The topological polar surface area (TPSA) is 66.6 Å². The Balaban J connectivity index is 2.87. The van der Waals surface area contributed by atoms with Crippen molar-refractivity contribution in [2.24, 2.45) is 5.73 Å². The monoisotopic (exact) mass is 276 g/mol. The number of primary amides is 1. The van der Waals surface area contributed by atoms with Crippen molar-refractivity contribution < 1.29 is 23.1 Å². The predicted molar refractivity (Wildman–Crippen MR) is 63.4 cm³/mol. The number of aliphatic hydroxyl groups is 1. The highest BCUT2D eigenvalue weighted by molar-refractivity contribution is 5.94. The van der Waals surface area contributed by atoms with Crippen LogP contribution in [0.15, 0.2) is 24.3 Å². The van der Waals surface area contributed by atoms with Crippen molar-refractivity contribution in [2.45, 2.75) is 12.7 Å². The summed E-state index contributed by atoms with van der Waals surface area (Å²) in [6, 6.07) is 6.21. The lowest BCUT2D eigenvalue weighted by Crippen LogP contribution is -2.36. The fourth-order valence-electron chi connectivity index (χ4n) is 1.75. The Hall–Kier alpha value is -1.60. The summed E-state index contributed by atoms with van der Waals surface area (Å²) in [4.78, 5) is 12.2. The molecule has 0 bridgehead atoms. The Bertz CT molecular complexity index is 435. The molecule has 1 aromatic rings. The molecule has 0 unspecified atom stereocenters. The molecule has 0 aliphatic heterocycles. The summed E-state index contributed by atoms with van der Waals surface area (Å²) in [5.41, 5.74) is 5.76. The normalized spacial score (nSPS) is 11.8. The third kappa shape index (κ3) is 5.27. The number of benzene rings is 1. The quantitative estimate of drug-likeness (QED) is 0.819. The fraction of sp³-hybridized carbons (Fsp3) is 0.417. The van der Waals surface area contributed by atoms with Gasteiger partial charge in [0.2, 0.25) is 5.91 Å². The van der Waals surface area contributed by atoms with E-state index in [9.17, 15) is 18.0 Å². The number of halogens is 3. The van der Waals surface area contributed by atoms with Crippen LogP contribution in [0.25, 0.3) is 0 Å². The Morgan fingerprint density at radius 2 is 1.95 bits per heavy atom. The Kier molecular flexibility index (Phi) is 5.31. The number of aliphatic hydroxyl groups excluding tert-OH is 1. The van der Waals surface area contributed by atoms with Gasteiger partial charge in [-0.05, 0) is 11.6 Å². The summed E-state index contributed by atoms with van der Waals surface area (Å²) >= 11 is 0. The van der Waals surface area contributed by atoms with Gasteiger partial charge in [0.1, 0.15) is 0 Å². The second-order valence-electron chi connectivity index (χ2n) is 4.07. The Morgan fingerprint density at radius 1 is 1.32 bits per heavy atom. The number of carbonyl (C=O) groups excluding carboxylic acids is 1. The van der Waals surface area contributed by atoms with E-state index in [4.69, 9.17) is 10.8 Å². The molecule has 0 radical (unpaired) electrons. The van der Waals surface area contributed by atoms with E-state index in [1.54, 1.807) is 18.2 Å². The van der Waals surface area contributed by atoms with Crippen LogP contribution in [0.3, 0.4) is 0 Å². The van der Waals surface area contributed by atoms with Crippen LogP contribution in [-0.2, 0) is 6.54 Å². The number of carbonyl (C=O) groups is 1. The molecular weight excluding hydrogens is 261 g/mol. The molecule has 0 spiro atoms. The van der Waals surface area contributed by atoms with Gasteiger partial charge in [-0.2, -0.15) is 13.2 Å². The highest BCUT2D eigenvalue weighted by Gasteiger charge is 2.30. The maximum absolute atomic E-state index is 12.4. The smallest absolute Gasteiger partial charge is 0.395 e. The average Bonchev–Trinajstić information content (AvgIpc) is 2.27. The number of hydrogen-bond donors (Lipinski definition) is 2. The van der Waals surface area contributed by atoms with Gasteiger partial charge in [0.05, 0.1) is 13.2 Å². The molecule has 1 aromatic carbocycles. The van der Waals surface area contributed by atoms with Crippen LogP contribution in [0.4, 0.5) is 13.2 Å². The van der Waals surface area contributed by atoms with Crippen LogP contribution in [0.5, 0.6) is 0 Å². The van der Waals surface area contributed by atoms with Crippen molar-refractivity contribution in [2.75, 3.05) is 19.7 Å². The SMILES string of the molecule is NC(=O)c1ccccc1CN(CCO)CC(F)(F)F. The lowest BCUT2D eigenvalue weighted by atomic mass is 10.1. The maximum atomic E-state index is 12.4. The number of nitrogens with zero attached hydrogens (tertiary/aromatic N) is 1. The van der Waals surface area contributed by atoms with Crippen molar-refractivity contribution in [3.63, 3.8) is 0 Å². The van der Waals surface area contributed by atoms with E-state index in [2.05, 4.69) is 0 Å². The minimum Gasteiger partial charge on any atom is -0.395 e. The van der Waals surface area contributed by atoms with Gasteiger partial charge < -0.3 is 10.8 Å². The van der Waals surface area contributed by atoms with Gasteiger partial charge in [-0.15, -0.1) is 0 Å². The van der Waals surface area contributed by atoms with Gasteiger partial charge in [-0.25, -0.2) is 0 Å². The predicted octanol–water partition coefficient (Wildman–Crippen LogP) is 1.14. The van der Waals surface area contributed by atoms with Crippen LogP contribution in [0.2, 0.25) is 0 Å².